The van der Waals surface area contributed by atoms with Crippen molar-refractivity contribution in [2.24, 2.45) is 0 Å². The molecule has 2 aromatic rings. The Bertz CT molecular complexity index is 665. The molecule has 0 radical (unpaired) electrons. The van der Waals surface area contributed by atoms with E-state index in [2.05, 4.69) is 10.2 Å². The van der Waals surface area contributed by atoms with E-state index in [4.69, 9.17) is 9.84 Å². The Morgan fingerprint density at radius 3 is 2.95 bits per heavy atom. The number of aromatic nitrogens is 3. The van der Waals surface area contributed by atoms with Gasteiger partial charge in [0.25, 0.3) is 0 Å². The van der Waals surface area contributed by atoms with Crippen molar-refractivity contribution in [1.82, 2.24) is 14.8 Å². The largest absolute Gasteiger partial charge is 0.496 e. The Kier molecular flexibility index (Phi) is 4.46. The topological polar surface area (TPSA) is 97.2 Å². The van der Waals surface area contributed by atoms with Crippen LogP contribution < -0.4 is 10.4 Å². The minimum absolute atomic E-state index is 0.157. The first-order valence-corrected chi connectivity index (χ1v) is 6.72. The maximum absolute atomic E-state index is 11.7. The van der Waals surface area contributed by atoms with E-state index in [9.17, 15) is 9.59 Å². The number of para-hydroxylation sites is 1. The molecular weight excluding hydrogens is 282 g/mol. The van der Waals surface area contributed by atoms with Gasteiger partial charge >= 0.3 is 11.7 Å². The van der Waals surface area contributed by atoms with E-state index >= 15 is 0 Å². The molecule has 2 rings (SSSR count). The Hall–Kier alpha value is -2.22. The van der Waals surface area contributed by atoms with Gasteiger partial charge in [-0.25, -0.2) is 9.89 Å². The van der Waals surface area contributed by atoms with Crippen LogP contribution in [0.3, 0.4) is 0 Å². The average molecular weight is 295 g/mol. The molecule has 0 aliphatic rings. The van der Waals surface area contributed by atoms with Crippen LogP contribution in [0.5, 0.6) is 5.75 Å². The van der Waals surface area contributed by atoms with Gasteiger partial charge in [0.05, 0.1) is 19.4 Å². The van der Waals surface area contributed by atoms with Crippen molar-refractivity contribution in [2.45, 2.75) is 11.7 Å². The summed E-state index contributed by atoms with van der Waals surface area (Å²) >= 11 is 0.989. The zero-order valence-electron chi connectivity index (χ0n) is 10.7. The number of nitrogens with zero attached hydrogens (tertiary/aromatic N) is 2. The average Bonchev–Trinajstić information content (AvgIpc) is 2.78. The lowest BCUT2D eigenvalue weighted by Crippen LogP contribution is -2.19. The molecule has 106 valence electrons. The van der Waals surface area contributed by atoms with Gasteiger partial charge in [0, 0.05) is 5.56 Å². The summed E-state index contributed by atoms with van der Waals surface area (Å²) in [5, 5.41) is 15.2. The summed E-state index contributed by atoms with van der Waals surface area (Å²) in [4.78, 5) is 22.3. The second kappa shape index (κ2) is 6.29. The molecule has 1 aromatic heterocycles. The molecule has 0 amide bonds. The number of carboxylic acids is 1. The number of thioether (sulfide) groups is 1. The molecule has 0 fully saturated rings. The Morgan fingerprint density at radius 2 is 2.25 bits per heavy atom. The van der Waals surface area contributed by atoms with Gasteiger partial charge in [-0.3, -0.25) is 9.36 Å². The lowest BCUT2D eigenvalue weighted by Gasteiger charge is -2.09. The van der Waals surface area contributed by atoms with Crippen LogP contribution in [0.1, 0.15) is 5.56 Å². The van der Waals surface area contributed by atoms with E-state index in [-0.39, 0.29) is 18.0 Å². The van der Waals surface area contributed by atoms with Crippen LogP contribution in [0, 0.1) is 0 Å². The molecule has 1 heterocycles. The van der Waals surface area contributed by atoms with Gasteiger partial charge in [0.1, 0.15) is 5.75 Å². The number of aromatic amines is 1. The predicted octanol–water partition coefficient (Wildman–Crippen LogP) is 0.805. The fraction of sp³-hybridized carbons (Fsp3) is 0.250. The molecule has 0 aliphatic heterocycles. The number of hydrogen-bond acceptors (Lipinski definition) is 5. The molecule has 0 saturated heterocycles. The van der Waals surface area contributed by atoms with Crippen molar-refractivity contribution in [3.8, 4) is 5.75 Å². The highest BCUT2D eigenvalue weighted by Gasteiger charge is 2.13. The summed E-state index contributed by atoms with van der Waals surface area (Å²) in [7, 11) is 1.55. The van der Waals surface area contributed by atoms with Crippen LogP contribution in [0.25, 0.3) is 0 Å². The minimum Gasteiger partial charge on any atom is -0.496 e. The highest BCUT2D eigenvalue weighted by atomic mass is 32.2. The van der Waals surface area contributed by atoms with Gasteiger partial charge in [-0.15, -0.1) is 5.10 Å². The van der Waals surface area contributed by atoms with Crippen molar-refractivity contribution >= 4 is 17.7 Å². The van der Waals surface area contributed by atoms with Crippen LogP contribution in [-0.4, -0.2) is 38.7 Å². The Morgan fingerprint density at radius 1 is 1.50 bits per heavy atom. The molecule has 0 saturated carbocycles. The fourth-order valence-corrected chi connectivity index (χ4v) is 2.35. The molecule has 0 unspecified atom stereocenters. The maximum Gasteiger partial charge on any atom is 0.344 e. The van der Waals surface area contributed by atoms with Gasteiger partial charge in [0.15, 0.2) is 5.16 Å². The van der Waals surface area contributed by atoms with Gasteiger partial charge in [0.2, 0.25) is 0 Å². The molecule has 7 nitrogen and oxygen atoms in total. The van der Waals surface area contributed by atoms with E-state index in [1.165, 1.54) is 4.57 Å². The molecule has 0 spiro atoms. The molecular formula is C12H13N3O4S. The zero-order valence-corrected chi connectivity index (χ0v) is 11.5. The van der Waals surface area contributed by atoms with Crippen molar-refractivity contribution in [2.75, 3.05) is 12.9 Å². The quantitative estimate of drug-likeness (QED) is 0.765. The predicted molar refractivity (Wildman–Crippen MR) is 73.3 cm³/mol. The number of H-pyrrole nitrogens is 1. The molecule has 8 heteroatoms. The number of rotatable bonds is 6. The third-order valence-corrected chi connectivity index (χ3v) is 3.53. The Labute approximate surface area is 118 Å². The first-order valence-electron chi connectivity index (χ1n) is 5.73. The molecule has 0 aliphatic carbocycles. The minimum atomic E-state index is -0.964. The van der Waals surface area contributed by atoms with Gasteiger partial charge in [-0.1, -0.05) is 30.0 Å². The van der Waals surface area contributed by atoms with Gasteiger partial charge in [-0.05, 0) is 6.07 Å². The third kappa shape index (κ3) is 3.21. The second-order valence-electron chi connectivity index (χ2n) is 3.89. The van der Waals surface area contributed by atoms with Gasteiger partial charge < -0.3 is 9.84 Å². The van der Waals surface area contributed by atoms with E-state index in [0.29, 0.717) is 10.9 Å². The lowest BCUT2D eigenvalue weighted by atomic mass is 10.2. The van der Waals surface area contributed by atoms with Crippen LogP contribution >= 0.6 is 11.8 Å². The monoisotopic (exact) mass is 295 g/mol. The van der Waals surface area contributed by atoms with Crippen molar-refractivity contribution in [1.29, 1.82) is 0 Å². The third-order valence-electron chi connectivity index (χ3n) is 2.57. The summed E-state index contributed by atoms with van der Waals surface area (Å²) in [6, 6.07) is 7.31. The summed E-state index contributed by atoms with van der Waals surface area (Å²) < 4.78 is 6.61. The summed E-state index contributed by atoms with van der Waals surface area (Å²) in [6.07, 6.45) is 0. The summed E-state index contributed by atoms with van der Waals surface area (Å²) in [5.41, 5.74) is 0.430. The second-order valence-corrected chi connectivity index (χ2v) is 4.83. The summed E-state index contributed by atoms with van der Waals surface area (Å²) in [5.74, 6) is -0.458. The summed E-state index contributed by atoms with van der Waals surface area (Å²) in [6.45, 7) is 0.265. The first-order chi connectivity index (χ1) is 9.61. The van der Waals surface area contributed by atoms with Crippen molar-refractivity contribution in [3.63, 3.8) is 0 Å². The number of methoxy groups -OCH3 is 1. The molecule has 1 aromatic carbocycles. The highest BCUT2D eigenvalue weighted by Crippen LogP contribution is 2.20. The van der Waals surface area contributed by atoms with Crippen molar-refractivity contribution < 1.29 is 14.6 Å². The maximum atomic E-state index is 11.7. The van der Waals surface area contributed by atoms with Crippen LogP contribution in [0.4, 0.5) is 0 Å². The molecule has 20 heavy (non-hydrogen) atoms. The van der Waals surface area contributed by atoms with E-state index < -0.39 is 5.97 Å². The highest BCUT2D eigenvalue weighted by molar-refractivity contribution is 7.99. The SMILES string of the molecule is COc1ccccc1Cn1c(SCC(=O)O)n[nH]c1=O. The molecule has 0 atom stereocenters. The number of hydrogen-bond donors (Lipinski definition) is 2. The van der Waals surface area contributed by atoms with E-state index in [1.807, 2.05) is 18.2 Å². The number of aliphatic carboxylic acids is 1. The van der Waals surface area contributed by atoms with Gasteiger partial charge in [-0.2, -0.15) is 0 Å². The van der Waals surface area contributed by atoms with E-state index in [0.717, 1.165) is 17.3 Å². The normalized spacial score (nSPS) is 10.4. The smallest absolute Gasteiger partial charge is 0.344 e. The zero-order chi connectivity index (χ0) is 14.5. The number of carbonyl (C=O) groups is 1. The number of carboxylic acid groups (broad SMARTS) is 1. The lowest BCUT2D eigenvalue weighted by molar-refractivity contribution is -0.133. The van der Waals surface area contributed by atoms with Crippen LogP contribution in [-0.2, 0) is 11.3 Å². The number of nitrogens with one attached hydrogen (secondary N) is 1. The Balaban J connectivity index is 2.26. The number of ether oxygens (including phenoxy) is 1. The van der Waals surface area contributed by atoms with Crippen LogP contribution in [0.15, 0.2) is 34.2 Å². The molecule has 2 N–H and O–H groups in total. The van der Waals surface area contributed by atoms with E-state index in [1.54, 1.807) is 13.2 Å². The first kappa shape index (κ1) is 14.2. The van der Waals surface area contributed by atoms with Crippen LogP contribution in [0.2, 0.25) is 0 Å². The standard InChI is InChI=1S/C12H13N3O4S/c1-19-9-5-3-2-4-8(9)6-15-11(18)13-14-12(15)20-7-10(16)17/h2-5H,6-7H2,1H3,(H,13,18)(H,16,17). The fourth-order valence-electron chi connectivity index (χ4n) is 1.68. The molecule has 0 bridgehead atoms. The number of benzene rings is 1. The van der Waals surface area contributed by atoms with Crippen molar-refractivity contribution in [3.05, 3.63) is 40.3 Å².